The van der Waals surface area contributed by atoms with Crippen LogP contribution >= 0.6 is 0 Å². The van der Waals surface area contributed by atoms with E-state index >= 15 is 0 Å². The molecule has 4 nitrogen and oxygen atoms in total. The van der Waals surface area contributed by atoms with E-state index in [0.717, 1.165) is 45.4 Å². The minimum Gasteiger partial charge on any atom is -0.481 e. The average molecular weight is 271 g/mol. The Labute approximate surface area is 117 Å². The Kier molecular flexibility index (Phi) is 7.39. The quantitative estimate of drug-likeness (QED) is 0.545. The highest BCUT2D eigenvalue weighted by atomic mass is 16.5. The minimum absolute atomic E-state index is 0.529. The SMILES string of the molecule is CCOCCN(CC)CC1(C(=O)O)CCCCCC1. The highest BCUT2D eigenvalue weighted by Crippen LogP contribution is 2.36. The van der Waals surface area contributed by atoms with Crippen molar-refractivity contribution in [1.82, 2.24) is 4.90 Å². The third-order valence-electron chi connectivity index (χ3n) is 4.24. The van der Waals surface area contributed by atoms with Gasteiger partial charge in [-0.1, -0.05) is 32.6 Å². The fraction of sp³-hybridized carbons (Fsp3) is 0.933. The van der Waals surface area contributed by atoms with E-state index in [1.54, 1.807) is 0 Å². The number of hydrogen-bond acceptors (Lipinski definition) is 3. The van der Waals surface area contributed by atoms with E-state index in [1.165, 1.54) is 12.8 Å². The Morgan fingerprint density at radius 3 is 2.32 bits per heavy atom. The zero-order valence-electron chi connectivity index (χ0n) is 12.5. The van der Waals surface area contributed by atoms with Crippen molar-refractivity contribution in [2.24, 2.45) is 5.41 Å². The third kappa shape index (κ3) is 5.11. The molecule has 0 saturated heterocycles. The Bertz CT molecular complexity index is 260. The molecule has 19 heavy (non-hydrogen) atoms. The Balaban J connectivity index is 2.61. The molecule has 0 atom stereocenters. The molecule has 0 unspecified atom stereocenters. The maximum atomic E-state index is 11.8. The van der Waals surface area contributed by atoms with Gasteiger partial charge in [-0.05, 0) is 26.3 Å². The van der Waals surface area contributed by atoms with Crippen LogP contribution in [-0.2, 0) is 9.53 Å². The lowest BCUT2D eigenvalue weighted by Crippen LogP contribution is -2.44. The van der Waals surface area contributed by atoms with Crippen LogP contribution in [0.1, 0.15) is 52.4 Å². The molecule has 0 aromatic heterocycles. The first-order valence-corrected chi connectivity index (χ1v) is 7.68. The molecule has 0 aromatic rings. The molecule has 0 amide bonds. The maximum absolute atomic E-state index is 11.8. The van der Waals surface area contributed by atoms with Gasteiger partial charge in [0.1, 0.15) is 0 Å². The fourth-order valence-corrected chi connectivity index (χ4v) is 2.96. The molecule has 1 saturated carbocycles. The van der Waals surface area contributed by atoms with E-state index in [1.807, 2.05) is 6.92 Å². The number of carboxylic acids is 1. The smallest absolute Gasteiger partial charge is 0.310 e. The van der Waals surface area contributed by atoms with Gasteiger partial charge in [-0.25, -0.2) is 0 Å². The standard InChI is InChI=1S/C15H29NO3/c1-3-16(11-12-19-4-2)13-15(14(17)18)9-7-5-6-8-10-15/h3-13H2,1-2H3,(H,17,18). The summed E-state index contributed by atoms with van der Waals surface area (Å²) < 4.78 is 5.38. The lowest BCUT2D eigenvalue weighted by molar-refractivity contribution is -0.151. The van der Waals surface area contributed by atoms with E-state index in [9.17, 15) is 9.90 Å². The highest BCUT2D eigenvalue weighted by molar-refractivity contribution is 5.75. The van der Waals surface area contributed by atoms with E-state index in [4.69, 9.17) is 4.74 Å². The van der Waals surface area contributed by atoms with Crippen LogP contribution in [-0.4, -0.2) is 48.8 Å². The summed E-state index contributed by atoms with van der Waals surface area (Å²) in [5.41, 5.74) is -0.529. The summed E-state index contributed by atoms with van der Waals surface area (Å²) in [5.74, 6) is -0.607. The van der Waals surface area contributed by atoms with Crippen LogP contribution in [0.4, 0.5) is 0 Å². The Morgan fingerprint density at radius 1 is 1.21 bits per heavy atom. The second-order valence-electron chi connectivity index (χ2n) is 5.57. The van der Waals surface area contributed by atoms with E-state index in [-0.39, 0.29) is 0 Å². The molecule has 1 N–H and O–H groups in total. The average Bonchev–Trinajstić information content (AvgIpc) is 2.64. The van der Waals surface area contributed by atoms with Crippen molar-refractivity contribution in [3.63, 3.8) is 0 Å². The van der Waals surface area contributed by atoms with Crippen LogP contribution in [0.25, 0.3) is 0 Å². The maximum Gasteiger partial charge on any atom is 0.310 e. The molecular formula is C15H29NO3. The number of likely N-dealkylation sites (N-methyl/N-ethyl adjacent to an activating group) is 1. The molecule has 0 bridgehead atoms. The third-order valence-corrected chi connectivity index (χ3v) is 4.24. The summed E-state index contributed by atoms with van der Waals surface area (Å²) in [7, 11) is 0. The van der Waals surface area contributed by atoms with Crippen molar-refractivity contribution in [2.45, 2.75) is 52.4 Å². The first-order chi connectivity index (χ1) is 9.14. The summed E-state index contributed by atoms with van der Waals surface area (Å²) in [6.07, 6.45) is 6.12. The van der Waals surface area contributed by atoms with Crippen molar-refractivity contribution >= 4 is 5.97 Å². The number of rotatable bonds is 8. The lowest BCUT2D eigenvalue weighted by Gasteiger charge is -2.34. The minimum atomic E-state index is -0.607. The van der Waals surface area contributed by atoms with Gasteiger partial charge in [0.25, 0.3) is 0 Å². The zero-order chi connectivity index (χ0) is 14.1. The van der Waals surface area contributed by atoms with Crippen LogP contribution in [0.5, 0.6) is 0 Å². The molecule has 0 aliphatic heterocycles. The van der Waals surface area contributed by atoms with E-state index in [2.05, 4.69) is 11.8 Å². The number of ether oxygens (including phenoxy) is 1. The van der Waals surface area contributed by atoms with Crippen molar-refractivity contribution < 1.29 is 14.6 Å². The van der Waals surface area contributed by atoms with Gasteiger partial charge in [-0.3, -0.25) is 4.79 Å². The molecular weight excluding hydrogens is 242 g/mol. The van der Waals surface area contributed by atoms with Crippen LogP contribution in [0.2, 0.25) is 0 Å². The Morgan fingerprint density at radius 2 is 1.84 bits per heavy atom. The first-order valence-electron chi connectivity index (χ1n) is 7.68. The van der Waals surface area contributed by atoms with Crippen molar-refractivity contribution in [3.05, 3.63) is 0 Å². The van der Waals surface area contributed by atoms with Crippen molar-refractivity contribution in [1.29, 1.82) is 0 Å². The van der Waals surface area contributed by atoms with Gasteiger partial charge < -0.3 is 14.7 Å². The predicted octanol–water partition coefficient (Wildman–Crippen LogP) is 2.77. The lowest BCUT2D eigenvalue weighted by atomic mass is 9.80. The number of carbonyl (C=O) groups is 1. The fourth-order valence-electron chi connectivity index (χ4n) is 2.96. The molecule has 1 fully saturated rings. The summed E-state index contributed by atoms with van der Waals surface area (Å²) in [6.45, 7) is 7.90. The summed E-state index contributed by atoms with van der Waals surface area (Å²) in [6, 6.07) is 0. The van der Waals surface area contributed by atoms with Gasteiger partial charge in [0.15, 0.2) is 0 Å². The normalized spacial score (nSPS) is 19.3. The summed E-state index contributed by atoms with van der Waals surface area (Å²) in [4.78, 5) is 14.0. The van der Waals surface area contributed by atoms with Gasteiger partial charge in [-0.15, -0.1) is 0 Å². The molecule has 0 aromatic carbocycles. The molecule has 1 rings (SSSR count). The van der Waals surface area contributed by atoms with E-state index < -0.39 is 11.4 Å². The number of nitrogens with zero attached hydrogens (tertiary/aromatic N) is 1. The van der Waals surface area contributed by atoms with Crippen molar-refractivity contribution in [2.75, 3.05) is 32.8 Å². The van der Waals surface area contributed by atoms with Gasteiger partial charge in [-0.2, -0.15) is 0 Å². The monoisotopic (exact) mass is 271 g/mol. The zero-order valence-corrected chi connectivity index (χ0v) is 12.5. The van der Waals surface area contributed by atoms with Gasteiger partial charge >= 0.3 is 5.97 Å². The second kappa shape index (κ2) is 8.54. The molecule has 4 heteroatoms. The van der Waals surface area contributed by atoms with Gasteiger partial charge in [0.2, 0.25) is 0 Å². The summed E-state index contributed by atoms with van der Waals surface area (Å²) >= 11 is 0. The van der Waals surface area contributed by atoms with Crippen molar-refractivity contribution in [3.8, 4) is 0 Å². The largest absolute Gasteiger partial charge is 0.481 e. The second-order valence-corrected chi connectivity index (χ2v) is 5.57. The topological polar surface area (TPSA) is 49.8 Å². The highest BCUT2D eigenvalue weighted by Gasteiger charge is 2.39. The van der Waals surface area contributed by atoms with Crippen LogP contribution < -0.4 is 0 Å². The molecule has 1 aliphatic rings. The molecule has 0 heterocycles. The Hall–Kier alpha value is -0.610. The summed E-state index contributed by atoms with van der Waals surface area (Å²) in [5, 5.41) is 9.67. The molecule has 0 radical (unpaired) electrons. The molecule has 1 aliphatic carbocycles. The van der Waals surface area contributed by atoms with Crippen LogP contribution in [0, 0.1) is 5.41 Å². The molecule has 0 spiro atoms. The first kappa shape index (κ1) is 16.4. The van der Waals surface area contributed by atoms with E-state index in [0.29, 0.717) is 13.2 Å². The van der Waals surface area contributed by atoms with Crippen LogP contribution in [0.15, 0.2) is 0 Å². The number of hydrogen-bond donors (Lipinski definition) is 1. The van der Waals surface area contributed by atoms with Gasteiger partial charge in [0.05, 0.1) is 12.0 Å². The predicted molar refractivity (Wildman–Crippen MR) is 76.4 cm³/mol. The number of carboxylic acid groups (broad SMARTS) is 1. The van der Waals surface area contributed by atoms with Gasteiger partial charge in [0, 0.05) is 19.7 Å². The number of aliphatic carboxylic acids is 1. The van der Waals surface area contributed by atoms with Crippen LogP contribution in [0.3, 0.4) is 0 Å². The molecule has 112 valence electrons.